The molecule has 9 heteroatoms. The van der Waals surface area contributed by atoms with Crippen LogP contribution in [0.5, 0.6) is 17.2 Å². The van der Waals surface area contributed by atoms with Crippen LogP contribution in [0.2, 0.25) is 0 Å². The Morgan fingerprint density at radius 2 is 1.82 bits per heavy atom. The number of carbonyl (C=O) groups is 1. The van der Waals surface area contributed by atoms with Gasteiger partial charge in [0.2, 0.25) is 0 Å². The van der Waals surface area contributed by atoms with Gasteiger partial charge in [-0.2, -0.15) is 0 Å². The van der Waals surface area contributed by atoms with Gasteiger partial charge in [-0.25, -0.2) is 4.98 Å². The van der Waals surface area contributed by atoms with Crippen molar-refractivity contribution in [1.82, 2.24) is 9.88 Å². The molecule has 0 atom stereocenters. The second-order valence-electron chi connectivity index (χ2n) is 7.60. The summed E-state index contributed by atoms with van der Waals surface area (Å²) in [5, 5.41) is 0.666. The summed E-state index contributed by atoms with van der Waals surface area (Å²) in [6.45, 7) is 10.4. The molecule has 33 heavy (non-hydrogen) atoms. The van der Waals surface area contributed by atoms with Gasteiger partial charge in [0.15, 0.2) is 16.6 Å². The van der Waals surface area contributed by atoms with E-state index in [2.05, 4.69) is 18.7 Å². The summed E-state index contributed by atoms with van der Waals surface area (Å²) in [6.07, 6.45) is 0. The van der Waals surface area contributed by atoms with E-state index in [1.165, 1.54) is 11.3 Å². The number of benzene rings is 2. The Hall–Kier alpha value is -2.55. The summed E-state index contributed by atoms with van der Waals surface area (Å²) >= 11 is 1.52. The smallest absolute Gasteiger partial charge is 0.260 e. The summed E-state index contributed by atoms with van der Waals surface area (Å²) < 4.78 is 17.9. The number of hydrogen-bond acceptors (Lipinski definition) is 7. The lowest BCUT2D eigenvalue weighted by atomic mass is 10.1. The van der Waals surface area contributed by atoms with Crippen LogP contribution in [0.3, 0.4) is 0 Å². The molecule has 2 heterocycles. The molecule has 0 radical (unpaired) electrons. The van der Waals surface area contributed by atoms with Crippen LogP contribution in [0.25, 0.3) is 10.2 Å². The van der Waals surface area contributed by atoms with E-state index < -0.39 is 0 Å². The summed E-state index contributed by atoms with van der Waals surface area (Å²) in [5.74, 6) is 1.88. The number of thiazole rings is 1. The lowest BCUT2D eigenvalue weighted by molar-refractivity contribution is 0.0982. The van der Waals surface area contributed by atoms with Crippen LogP contribution in [0.1, 0.15) is 29.8 Å². The molecule has 0 fully saturated rings. The molecule has 0 saturated heterocycles. The van der Waals surface area contributed by atoms with Crippen LogP contribution in [0.4, 0.5) is 5.13 Å². The number of ether oxygens (including phenoxy) is 3. The molecule has 1 aromatic heterocycles. The Morgan fingerprint density at radius 3 is 2.52 bits per heavy atom. The predicted molar refractivity (Wildman–Crippen MR) is 135 cm³/mol. The first-order valence-electron chi connectivity index (χ1n) is 10.9. The van der Waals surface area contributed by atoms with Crippen LogP contribution in [0.15, 0.2) is 30.3 Å². The van der Waals surface area contributed by atoms with Crippen molar-refractivity contribution < 1.29 is 19.0 Å². The molecule has 0 aliphatic carbocycles. The van der Waals surface area contributed by atoms with Crippen molar-refractivity contribution >= 4 is 45.0 Å². The molecular formula is C24H30ClN3O4S. The van der Waals surface area contributed by atoms with Gasteiger partial charge in [-0.3, -0.25) is 9.69 Å². The Morgan fingerprint density at radius 1 is 1.09 bits per heavy atom. The number of anilines is 1. The van der Waals surface area contributed by atoms with Crippen LogP contribution < -0.4 is 19.1 Å². The van der Waals surface area contributed by atoms with Gasteiger partial charge in [-0.1, -0.05) is 31.3 Å². The summed E-state index contributed by atoms with van der Waals surface area (Å²) in [7, 11) is 1.64. The second-order valence-corrected chi connectivity index (χ2v) is 8.58. The number of amides is 1. The summed E-state index contributed by atoms with van der Waals surface area (Å²) in [4.78, 5) is 22.6. The third kappa shape index (κ3) is 5.18. The van der Waals surface area contributed by atoms with E-state index in [9.17, 15) is 4.79 Å². The Kier molecular flexibility index (Phi) is 8.40. The minimum atomic E-state index is -0.107. The van der Waals surface area contributed by atoms with E-state index in [4.69, 9.17) is 19.2 Å². The molecule has 0 N–H and O–H groups in total. The minimum absolute atomic E-state index is 0. The number of aromatic nitrogens is 1. The van der Waals surface area contributed by atoms with Crippen molar-refractivity contribution in [2.75, 3.05) is 51.4 Å². The molecule has 7 nitrogen and oxygen atoms in total. The molecule has 0 saturated carbocycles. The number of rotatable bonds is 8. The number of hydrogen-bond donors (Lipinski definition) is 0. The van der Waals surface area contributed by atoms with Crippen molar-refractivity contribution in [3.05, 3.63) is 41.5 Å². The van der Waals surface area contributed by atoms with Crippen molar-refractivity contribution in [2.24, 2.45) is 0 Å². The standard InChI is InChI=1S/C24H29N3O4S.ClH/c1-5-26(6-2)11-12-27(23(28)17-8-10-18-20(15-17)31-14-13-30-18)24-25-21-19(29-4)9-7-16(3)22(21)32-24;/h7-10,15H,5-6,11-14H2,1-4H3;1H. The number of aryl methyl sites for hydroxylation is 1. The Bertz CT molecular complexity index is 1120. The third-order valence-electron chi connectivity index (χ3n) is 5.71. The molecule has 1 amide bonds. The van der Waals surface area contributed by atoms with E-state index in [0.29, 0.717) is 47.7 Å². The Balaban J connectivity index is 0.00000306. The highest BCUT2D eigenvalue weighted by molar-refractivity contribution is 7.22. The number of carbonyl (C=O) groups excluding carboxylic acids is 1. The van der Waals surface area contributed by atoms with Crippen LogP contribution >= 0.6 is 23.7 Å². The lowest BCUT2D eigenvalue weighted by Gasteiger charge is -2.25. The average molecular weight is 492 g/mol. The fraction of sp³-hybridized carbons (Fsp3) is 0.417. The molecule has 0 spiro atoms. The zero-order valence-electron chi connectivity index (χ0n) is 19.4. The van der Waals surface area contributed by atoms with Crippen molar-refractivity contribution in [2.45, 2.75) is 20.8 Å². The highest BCUT2D eigenvalue weighted by Gasteiger charge is 2.25. The number of methoxy groups -OCH3 is 1. The first kappa shape index (κ1) is 25.1. The number of nitrogens with zero attached hydrogens (tertiary/aromatic N) is 3. The zero-order valence-corrected chi connectivity index (χ0v) is 21.1. The van der Waals surface area contributed by atoms with Crippen molar-refractivity contribution in [3.8, 4) is 17.2 Å². The van der Waals surface area contributed by atoms with E-state index in [1.807, 2.05) is 19.1 Å². The first-order valence-corrected chi connectivity index (χ1v) is 11.7. The quantitative estimate of drug-likeness (QED) is 0.451. The lowest BCUT2D eigenvalue weighted by Crippen LogP contribution is -2.39. The predicted octanol–water partition coefficient (Wildman–Crippen LogP) is 4.79. The largest absolute Gasteiger partial charge is 0.494 e. The number of fused-ring (bicyclic) bond motifs is 2. The van der Waals surface area contributed by atoms with Crippen LogP contribution in [-0.4, -0.2) is 62.3 Å². The maximum absolute atomic E-state index is 13.7. The summed E-state index contributed by atoms with van der Waals surface area (Å²) in [5.41, 5.74) is 2.45. The molecule has 3 aromatic rings. The fourth-order valence-corrected chi connectivity index (χ4v) is 4.85. The topological polar surface area (TPSA) is 64.1 Å². The SMILES string of the molecule is CCN(CC)CCN(C(=O)c1ccc2c(c1)OCCO2)c1nc2c(OC)ccc(C)c2s1.Cl. The highest BCUT2D eigenvalue weighted by Crippen LogP contribution is 2.37. The van der Waals surface area contributed by atoms with Gasteiger partial charge in [0.05, 0.1) is 11.8 Å². The second kappa shape index (κ2) is 11.0. The molecule has 178 valence electrons. The Labute approximate surface area is 204 Å². The molecule has 4 rings (SSSR count). The van der Waals surface area contributed by atoms with E-state index in [1.54, 1.807) is 30.2 Å². The molecule has 0 bridgehead atoms. The minimum Gasteiger partial charge on any atom is -0.494 e. The fourth-order valence-electron chi connectivity index (χ4n) is 3.78. The highest BCUT2D eigenvalue weighted by atomic mass is 35.5. The van der Waals surface area contributed by atoms with E-state index in [0.717, 1.165) is 35.4 Å². The average Bonchev–Trinajstić information content (AvgIpc) is 3.27. The molecular weight excluding hydrogens is 462 g/mol. The maximum Gasteiger partial charge on any atom is 0.260 e. The summed E-state index contributed by atoms with van der Waals surface area (Å²) in [6, 6.07) is 9.30. The first-order chi connectivity index (χ1) is 15.5. The number of likely N-dealkylation sites (N-methyl/N-ethyl adjacent to an activating group) is 1. The van der Waals surface area contributed by atoms with Crippen LogP contribution in [0, 0.1) is 6.92 Å². The normalized spacial score (nSPS) is 12.5. The molecule has 2 aromatic carbocycles. The van der Waals surface area contributed by atoms with Gasteiger partial charge in [-0.05, 0) is 49.8 Å². The van der Waals surface area contributed by atoms with E-state index in [-0.39, 0.29) is 18.3 Å². The van der Waals surface area contributed by atoms with Gasteiger partial charge in [-0.15, -0.1) is 12.4 Å². The molecule has 0 unspecified atom stereocenters. The van der Waals surface area contributed by atoms with Crippen molar-refractivity contribution in [3.63, 3.8) is 0 Å². The van der Waals surface area contributed by atoms with Gasteiger partial charge in [0.25, 0.3) is 5.91 Å². The van der Waals surface area contributed by atoms with Gasteiger partial charge in [0, 0.05) is 18.7 Å². The van der Waals surface area contributed by atoms with Gasteiger partial charge >= 0.3 is 0 Å². The zero-order chi connectivity index (χ0) is 22.7. The maximum atomic E-state index is 13.7. The third-order valence-corrected chi connectivity index (χ3v) is 6.93. The monoisotopic (exact) mass is 491 g/mol. The van der Waals surface area contributed by atoms with E-state index >= 15 is 0 Å². The van der Waals surface area contributed by atoms with Gasteiger partial charge < -0.3 is 19.1 Å². The molecule has 1 aliphatic heterocycles. The number of halogens is 1. The van der Waals surface area contributed by atoms with Crippen molar-refractivity contribution in [1.29, 1.82) is 0 Å². The molecule has 1 aliphatic rings. The van der Waals surface area contributed by atoms with Gasteiger partial charge in [0.1, 0.15) is 24.5 Å². The van der Waals surface area contributed by atoms with Crippen LogP contribution in [-0.2, 0) is 0 Å².